The SMILES string of the molecule is CC(O)C(=O)OCC(F)F. The van der Waals surface area contributed by atoms with Gasteiger partial charge >= 0.3 is 5.97 Å². The third-order valence-corrected chi connectivity index (χ3v) is 0.693. The standard InChI is InChI=1S/C5H8F2O3/c1-3(8)5(9)10-2-4(6)7/h3-4,8H,2H2,1H3. The van der Waals surface area contributed by atoms with Gasteiger partial charge in [-0.05, 0) is 6.92 Å². The van der Waals surface area contributed by atoms with Crippen molar-refractivity contribution in [3.05, 3.63) is 0 Å². The molecule has 0 heterocycles. The van der Waals surface area contributed by atoms with Crippen LogP contribution in [0, 0.1) is 0 Å². The number of aliphatic hydroxyl groups is 1. The Kier molecular flexibility index (Phi) is 3.87. The van der Waals surface area contributed by atoms with Gasteiger partial charge in [-0.25, -0.2) is 13.6 Å². The van der Waals surface area contributed by atoms with Crippen LogP contribution in [0.15, 0.2) is 0 Å². The fraction of sp³-hybridized carbons (Fsp3) is 0.800. The topological polar surface area (TPSA) is 46.5 Å². The summed E-state index contributed by atoms with van der Waals surface area (Å²) in [5.41, 5.74) is 0. The number of rotatable bonds is 3. The molecule has 0 amide bonds. The number of esters is 1. The van der Waals surface area contributed by atoms with Crippen LogP contribution in [-0.4, -0.2) is 30.2 Å². The first-order valence-corrected chi connectivity index (χ1v) is 2.67. The van der Waals surface area contributed by atoms with Crippen LogP contribution in [0.4, 0.5) is 8.78 Å². The van der Waals surface area contributed by atoms with Gasteiger partial charge in [-0.2, -0.15) is 0 Å². The molecule has 5 heteroatoms. The molecule has 0 saturated carbocycles. The predicted molar refractivity (Wildman–Crippen MR) is 28.6 cm³/mol. The van der Waals surface area contributed by atoms with Crippen molar-refractivity contribution in [1.29, 1.82) is 0 Å². The smallest absolute Gasteiger partial charge is 0.334 e. The zero-order chi connectivity index (χ0) is 8.15. The Balaban J connectivity index is 3.40. The highest BCUT2D eigenvalue weighted by atomic mass is 19.3. The monoisotopic (exact) mass is 154 g/mol. The molecule has 0 aliphatic rings. The van der Waals surface area contributed by atoms with Crippen molar-refractivity contribution < 1.29 is 23.4 Å². The van der Waals surface area contributed by atoms with Gasteiger partial charge < -0.3 is 9.84 Å². The molecule has 0 saturated heterocycles. The Bertz CT molecular complexity index is 113. The van der Waals surface area contributed by atoms with Crippen molar-refractivity contribution in [1.82, 2.24) is 0 Å². The molecular formula is C5H8F2O3. The van der Waals surface area contributed by atoms with Gasteiger partial charge in [-0.15, -0.1) is 0 Å². The van der Waals surface area contributed by atoms with E-state index >= 15 is 0 Å². The van der Waals surface area contributed by atoms with Crippen LogP contribution in [0.5, 0.6) is 0 Å². The van der Waals surface area contributed by atoms with Crippen molar-refractivity contribution in [3.8, 4) is 0 Å². The molecule has 0 rings (SSSR count). The first-order valence-electron chi connectivity index (χ1n) is 2.67. The minimum atomic E-state index is -2.68. The molecule has 0 aromatic carbocycles. The Morgan fingerprint density at radius 3 is 2.50 bits per heavy atom. The Morgan fingerprint density at radius 1 is 1.70 bits per heavy atom. The van der Waals surface area contributed by atoms with E-state index in [9.17, 15) is 13.6 Å². The van der Waals surface area contributed by atoms with Crippen molar-refractivity contribution in [3.63, 3.8) is 0 Å². The quantitative estimate of drug-likeness (QED) is 0.589. The minimum absolute atomic E-state index is 0.955. The average Bonchev–Trinajstić information content (AvgIpc) is 1.82. The van der Waals surface area contributed by atoms with Gasteiger partial charge in [0.1, 0.15) is 6.10 Å². The lowest BCUT2D eigenvalue weighted by Crippen LogP contribution is -2.21. The van der Waals surface area contributed by atoms with Crippen LogP contribution in [0.25, 0.3) is 0 Å². The van der Waals surface area contributed by atoms with Crippen molar-refractivity contribution in [2.24, 2.45) is 0 Å². The number of hydrogen-bond acceptors (Lipinski definition) is 3. The fourth-order valence-electron chi connectivity index (χ4n) is 0.266. The largest absolute Gasteiger partial charge is 0.458 e. The predicted octanol–water partition coefficient (Wildman–Crippen LogP) is 0.175. The lowest BCUT2D eigenvalue weighted by molar-refractivity contribution is -0.156. The molecule has 0 spiro atoms. The highest BCUT2D eigenvalue weighted by Gasteiger charge is 2.12. The molecule has 60 valence electrons. The van der Waals surface area contributed by atoms with E-state index in [1.807, 2.05) is 0 Å². The molecule has 1 atom stereocenters. The van der Waals surface area contributed by atoms with Crippen molar-refractivity contribution in [2.75, 3.05) is 6.61 Å². The highest BCUT2D eigenvalue weighted by molar-refractivity contribution is 5.73. The first-order chi connectivity index (χ1) is 4.54. The maximum atomic E-state index is 11.3. The number of hydrogen-bond donors (Lipinski definition) is 1. The van der Waals surface area contributed by atoms with Gasteiger partial charge in [-0.1, -0.05) is 0 Å². The number of alkyl halides is 2. The summed E-state index contributed by atoms with van der Waals surface area (Å²) in [6.07, 6.45) is -4.01. The molecular weight excluding hydrogens is 146 g/mol. The second-order valence-corrected chi connectivity index (χ2v) is 1.70. The number of halogens is 2. The maximum Gasteiger partial charge on any atom is 0.334 e. The third kappa shape index (κ3) is 4.20. The summed E-state index contributed by atoms with van der Waals surface area (Å²) < 4.78 is 26.5. The average molecular weight is 154 g/mol. The molecule has 3 nitrogen and oxygen atoms in total. The fourth-order valence-corrected chi connectivity index (χ4v) is 0.266. The van der Waals surface area contributed by atoms with E-state index in [2.05, 4.69) is 4.74 Å². The number of aliphatic hydroxyl groups excluding tert-OH is 1. The first kappa shape index (κ1) is 9.29. The number of carbonyl (C=O) groups excluding carboxylic acids is 1. The Morgan fingerprint density at radius 2 is 2.20 bits per heavy atom. The molecule has 0 aliphatic carbocycles. The summed E-state index contributed by atoms with van der Waals surface area (Å²) in [6, 6.07) is 0. The minimum Gasteiger partial charge on any atom is -0.458 e. The Labute approximate surface area is 56.6 Å². The summed E-state index contributed by atoms with van der Waals surface area (Å²) in [7, 11) is 0. The van der Waals surface area contributed by atoms with Crippen LogP contribution in [-0.2, 0) is 9.53 Å². The van der Waals surface area contributed by atoms with E-state index in [4.69, 9.17) is 5.11 Å². The van der Waals surface area contributed by atoms with Crippen LogP contribution in [0.3, 0.4) is 0 Å². The van der Waals surface area contributed by atoms with Crippen LogP contribution >= 0.6 is 0 Å². The number of ether oxygens (including phenoxy) is 1. The van der Waals surface area contributed by atoms with Crippen LogP contribution in [0.1, 0.15) is 6.92 Å². The van der Waals surface area contributed by atoms with Gasteiger partial charge in [-0.3, -0.25) is 0 Å². The maximum absolute atomic E-state index is 11.3. The van der Waals surface area contributed by atoms with Gasteiger partial charge in [0.25, 0.3) is 6.43 Å². The second-order valence-electron chi connectivity index (χ2n) is 1.70. The Hall–Kier alpha value is -0.710. The molecule has 0 aromatic heterocycles. The van der Waals surface area contributed by atoms with Crippen molar-refractivity contribution in [2.45, 2.75) is 19.5 Å². The van der Waals surface area contributed by atoms with E-state index in [0.717, 1.165) is 6.92 Å². The molecule has 1 N–H and O–H groups in total. The van der Waals surface area contributed by atoms with E-state index in [1.165, 1.54) is 0 Å². The summed E-state index contributed by atoms with van der Waals surface area (Å²) >= 11 is 0. The van der Waals surface area contributed by atoms with E-state index in [-0.39, 0.29) is 0 Å². The second kappa shape index (κ2) is 4.16. The lowest BCUT2D eigenvalue weighted by Gasteiger charge is -2.04. The molecule has 0 aromatic rings. The summed E-state index contributed by atoms with van der Waals surface area (Å²) in [5.74, 6) is -1.03. The third-order valence-electron chi connectivity index (χ3n) is 0.693. The summed E-state index contributed by atoms with van der Waals surface area (Å²) in [6.45, 7) is 0.192. The zero-order valence-electron chi connectivity index (χ0n) is 5.38. The van der Waals surface area contributed by atoms with E-state index in [1.54, 1.807) is 0 Å². The van der Waals surface area contributed by atoms with Gasteiger partial charge in [0.2, 0.25) is 0 Å². The van der Waals surface area contributed by atoms with Gasteiger partial charge in [0, 0.05) is 0 Å². The molecule has 1 unspecified atom stereocenters. The van der Waals surface area contributed by atoms with E-state index in [0.29, 0.717) is 0 Å². The molecule has 0 radical (unpaired) electrons. The normalized spacial score (nSPS) is 13.3. The molecule has 0 aliphatic heterocycles. The van der Waals surface area contributed by atoms with Crippen molar-refractivity contribution >= 4 is 5.97 Å². The number of carbonyl (C=O) groups is 1. The van der Waals surface area contributed by atoms with Crippen LogP contribution in [0.2, 0.25) is 0 Å². The van der Waals surface area contributed by atoms with Gasteiger partial charge in [0.15, 0.2) is 6.61 Å². The zero-order valence-corrected chi connectivity index (χ0v) is 5.38. The van der Waals surface area contributed by atoms with Crippen LogP contribution < -0.4 is 0 Å². The summed E-state index contributed by atoms with van der Waals surface area (Å²) in [5, 5.41) is 8.41. The highest BCUT2D eigenvalue weighted by Crippen LogP contribution is 1.94. The molecule has 0 bridgehead atoms. The molecule has 10 heavy (non-hydrogen) atoms. The lowest BCUT2D eigenvalue weighted by atomic mass is 10.4. The van der Waals surface area contributed by atoms with E-state index < -0.39 is 25.1 Å². The van der Waals surface area contributed by atoms with Gasteiger partial charge in [0.05, 0.1) is 0 Å². The summed E-state index contributed by atoms with van der Waals surface area (Å²) in [4.78, 5) is 10.2. The molecule has 0 fully saturated rings.